The van der Waals surface area contributed by atoms with Crippen LogP contribution in [0.25, 0.3) is 0 Å². The number of hydrogen-bond donors (Lipinski definition) is 1. The van der Waals surface area contributed by atoms with Gasteiger partial charge in [0.1, 0.15) is 6.61 Å². The summed E-state index contributed by atoms with van der Waals surface area (Å²) in [7, 11) is 0. The molecule has 2 aliphatic rings. The normalized spacial score (nSPS) is 33.8. The van der Waals surface area contributed by atoms with Gasteiger partial charge in [-0.15, -0.1) is 0 Å². The van der Waals surface area contributed by atoms with Crippen LogP contribution in [0, 0.1) is 5.41 Å². The molecule has 1 saturated heterocycles. The number of carbonyl (C=O) groups is 1. The number of carbonyl (C=O) groups excluding carboxylic acids is 1. The third-order valence-electron chi connectivity index (χ3n) is 3.15. The molecular weight excluding hydrogens is 156 g/mol. The van der Waals surface area contributed by atoms with Gasteiger partial charge in [-0.1, -0.05) is 19.3 Å². The van der Waals surface area contributed by atoms with E-state index in [1.165, 1.54) is 6.42 Å². The maximum atomic E-state index is 11.0. The second-order valence-corrected chi connectivity index (χ2v) is 3.93. The molecule has 0 amide bonds. The maximum absolute atomic E-state index is 11.0. The van der Waals surface area contributed by atoms with E-state index in [1.807, 2.05) is 0 Å². The summed E-state index contributed by atoms with van der Waals surface area (Å²) in [5, 5.41) is 9.60. The highest BCUT2D eigenvalue weighted by molar-refractivity contribution is 5.77. The quantitative estimate of drug-likeness (QED) is 0.548. The van der Waals surface area contributed by atoms with Crippen LogP contribution in [0.3, 0.4) is 0 Å². The molecule has 1 spiro atoms. The first-order valence-corrected chi connectivity index (χ1v) is 4.59. The van der Waals surface area contributed by atoms with Gasteiger partial charge in [0.15, 0.2) is 6.10 Å². The highest BCUT2D eigenvalue weighted by Crippen LogP contribution is 2.43. The van der Waals surface area contributed by atoms with Gasteiger partial charge in [0.2, 0.25) is 0 Å². The van der Waals surface area contributed by atoms with E-state index in [0.717, 1.165) is 25.7 Å². The van der Waals surface area contributed by atoms with E-state index in [-0.39, 0.29) is 5.41 Å². The largest absolute Gasteiger partial charge is 0.463 e. The lowest BCUT2D eigenvalue weighted by atomic mass is 9.72. The van der Waals surface area contributed by atoms with Crippen LogP contribution in [0.5, 0.6) is 0 Å². The smallest absolute Gasteiger partial charge is 0.335 e. The number of esters is 1. The Morgan fingerprint density at radius 2 is 2.00 bits per heavy atom. The van der Waals surface area contributed by atoms with Crippen LogP contribution < -0.4 is 0 Å². The Morgan fingerprint density at radius 3 is 2.50 bits per heavy atom. The van der Waals surface area contributed by atoms with Gasteiger partial charge >= 0.3 is 5.97 Å². The maximum Gasteiger partial charge on any atom is 0.335 e. The van der Waals surface area contributed by atoms with Crippen molar-refractivity contribution in [3.8, 4) is 0 Å². The predicted octanol–water partition coefficient (Wildman–Crippen LogP) is 0.855. The summed E-state index contributed by atoms with van der Waals surface area (Å²) in [5.41, 5.74) is -0.213. The lowest BCUT2D eigenvalue weighted by molar-refractivity contribution is -0.145. The standard InChI is InChI=1S/C9H14O3/c10-7-8(11)12-6-9(7)4-2-1-3-5-9/h7,10H,1-6H2/t7-/m1/s1. The fraction of sp³-hybridized carbons (Fsp3) is 0.889. The molecule has 1 aliphatic carbocycles. The second kappa shape index (κ2) is 2.73. The molecule has 0 bridgehead atoms. The molecule has 0 aromatic rings. The van der Waals surface area contributed by atoms with E-state index in [2.05, 4.69) is 0 Å². The van der Waals surface area contributed by atoms with Gasteiger partial charge in [0.05, 0.1) is 0 Å². The van der Waals surface area contributed by atoms with Crippen molar-refractivity contribution in [3.05, 3.63) is 0 Å². The summed E-state index contributed by atoms with van der Waals surface area (Å²) >= 11 is 0. The summed E-state index contributed by atoms with van der Waals surface area (Å²) in [6.45, 7) is 0.438. The van der Waals surface area contributed by atoms with Gasteiger partial charge in [0.25, 0.3) is 0 Å². The molecule has 0 aromatic carbocycles. The summed E-state index contributed by atoms with van der Waals surface area (Å²) < 4.78 is 4.87. The van der Waals surface area contributed by atoms with Gasteiger partial charge in [-0.2, -0.15) is 0 Å². The minimum Gasteiger partial charge on any atom is -0.463 e. The van der Waals surface area contributed by atoms with Crippen LogP contribution in [0.1, 0.15) is 32.1 Å². The molecule has 12 heavy (non-hydrogen) atoms. The Labute approximate surface area is 71.7 Å². The van der Waals surface area contributed by atoms with Crippen molar-refractivity contribution in [1.82, 2.24) is 0 Å². The Bertz CT molecular complexity index is 194. The zero-order chi connectivity index (χ0) is 8.60. The topological polar surface area (TPSA) is 46.5 Å². The summed E-state index contributed by atoms with van der Waals surface area (Å²) in [5.74, 6) is -0.420. The first kappa shape index (κ1) is 8.05. The second-order valence-electron chi connectivity index (χ2n) is 3.93. The van der Waals surface area contributed by atoms with Crippen molar-refractivity contribution in [3.63, 3.8) is 0 Å². The van der Waals surface area contributed by atoms with Crippen LogP contribution in [0.4, 0.5) is 0 Å². The van der Waals surface area contributed by atoms with Gasteiger partial charge in [-0.3, -0.25) is 0 Å². The Morgan fingerprint density at radius 1 is 1.33 bits per heavy atom. The minimum atomic E-state index is -0.849. The number of ether oxygens (including phenoxy) is 1. The molecule has 2 rings (SSSR count). The zero-order valence-electron chi connectivity index (χ0n) is 7.08. The van der Waals surface area contributed by atoms with Crippen LogP contribution in [0.15, 0.2) is 0 Å². The first-order valence-electron chi connectivity index (χ1n) is 4.59. The Kier molecular flexibility index (Phi) is 1.83. The predicted molar refractivity (Wildman–Crippen MR) is 42.5 cm³/mol. The molecule has 0 aromatic heterocycles. The third-order valence-corrected chi connectivity index (χ3v) is 3.15. The number of rotatable bonds is 0. The molecule has 1 atom stereocenters. The van der Waals surface area contributed by atoms with Crippen molar-refractivity contribution in [1.29, 1.82) is 0 Å². The van der Waals surface area contributed by atoms with Crippen LogP contribution in [0.2, 0.25) is 0 Å². The van der Waals surface area contributed by atoms with Crippen LogP contribution >= 0.6 is 0 Å². The molecule has 3 nitrogen and oxygen atoms in total. The summed E-state index contributed by atoms with van der Waals surface area (Å²) in [6.07, 6.45) is 4.50. The van der Waals surface area contributed by atoms with Gasteiger partial charge in [0, 0.05) is 5.41 Å². The Hall–Kier alpha value is -0.570. The first-order chi connectivity index (χ1) is 5.75. The van der Waals surface area contributed by atoms with Gasteiger partial charge in [-0.25, -0.2) is 4.79 Å². The molecule has 68 valence electrons. The Balaban J connectivity index is 2.14. The lowest BCUT2D eigenvalue weighted by Crippen LogP contribution is -2.37. The molecule has 0 radical (unpaired) electrons. The van der Waals surface area contributed by atoms with E-state index in [4.69, 9.17) is 4.74 Å². The number of aliphatic hydroxyl groups excluding tert-OH is 1. The average Bonchev–Trinajstić information content (AvgIpc) is 2.37. The highest BCUT2D eigenvalue weighted by atomic mass is 16.6. The third kappa shape index (κ3) is 1.04. The van der Waals surface area contributed by atoms with Crippen molar-refractivity contribution < 1.29 is 14.6 Å². The van der Waals surface area contributed by atoms with E-state index in [0.29, 0.717) is 6.61 Å². The SMILES string of the molecule is O=C1OCC2(CCCCC2)[C@@H]1O. The zero-order valence-corrected chi connectivity index (χ0v) is 7.08. The van der Waals surface area contributed by atoms with Gasteiger partial charge in [-0.05, 0) is 12.8 Å². The monoisotopic (exact) mass is 170 g/mol. The van der Waals surface area contributed by atoms with E-state index in [1.54, 1.807) is 0 Å². The highest BCUT2D eigenvalue weighted by Gasteiger charge is 2.49. The molecule has 1 aliphatic heterocycles. The molecule has 3 heteroatoms. The van der Waals surface area contributed by atoms with Crippen LogP contribution in [-0.4, -0.2) is 23.8 Å². The van der Waals surface area contributed by atoms with E-state index in [9.17, 15) is 9.90 Å². The fourth-order valence-corrected chi connectivity index (χ4v) is 2.30. The minimum absolute atomic E-state index is 0.213. The molecule has 1 saturated carbocycles. The number of hydrogen-bond acceptors (Lipinski definition) is 3. The van der Waals surface area contributed by atoms with Crippen molar-refractivity contribution in [2.24, 2.45) is 5.41 Å². The summed E-state index contributed by atoms with van der Waals surface area (Å²) in [4.78, 5) is 11.0. The molecular formula is C9H14O3. The van der Waals surface area contributed by atoms with Gasteiger partial charge < -0.3 is 9.84 Å². The van der Waals surface area contributed by atoms with Crippen molar-refractivity contribution in [2.75, 3.05) is 6.61 Å². The summed E-state index contributed by atoms with van der Waals surface area (Å²) in [6, 6.07) is 0. The number of aliphatic hydroxyl groups is 1. The molecule has 2 fully saturated rings. The van der Waals surface area contributed by atoms with E-state index >= 15 is 0 Å². The number of cyclic esters (lactones) is 1. The average molecular weight is 170 g/mol. The molecule has 1 heterocycles. The van der Waals surface area contributed by atoms with Crippen LogP contribution in [-0.2, 0) is 9.53 Å². The lowest BCUT2D eigenvalue weighted by Gasteiger charge is -2.32. The van der Waals surface area contributed by atoms with Crippen molar-refractivity contribution >= 4 is 5.97 Å². The molecule has 0 unspecified atom stereocenters. The van der Waals surface area contributed by atoms with E-state index < -0.39 is 12.1 Å². The van der Waals surface area contributed by atoms with Crippen molar-refractivity contribution in [2.45, 2.75) is 38.2 Å². The fourth-order valence-electron chi connectivity index (χ4n) is 2.30. The molecule has 1 N–H and O–H groups in total.